The molecule has 0 radical (unpaired) electrons. The Balaban J connectivity index is 2.33. The first-order valence-corrected chi connectivity index (χ1v) is 7.09. The molecule has 0 bridgehead atoms. The summed E-state index contributed by atoms with van der Waals surface area (Å²) in [6.45, 7) is 5.43. The van der Waals surface area contributed by atoms with Gasteiger partial charge in [0.15, 0.2) is 0 Å². The van der Waals surface area contributed by atoms with E-state index in [0.29, 0.717) is 25.2 Å². The molecule has 0 spiro atoms. The van der Waals surface area contributed by atoms with Crippen molar-refractivity contribution in [3.8, 4) is 0 Å². The summed E-state index contributed by atoms with van der Waals surface area (Å²) in [6, 6.07) is 5.31. The van der Waals surface area contributed by atoms with Gasteiger partial charge in [0, 0.05) is 44.0 Å². The van der Waals surface area contributed by atoms with Crippen molar-refractivity contribution in [3.05, 3.63) is 29.3 Å². The molecule has 1 aliphatic heterocycles. The van der Waals surface area contributed by atoms with E-state index < -0.39 is 0 Å². The number of carbonyl (C=O) groups is 2. The molecule has 0 aromatic heterocycles. The van der Waals surface area contributed by atoms with Gasteiger partial charge in [0.25, 0.3) is 5.91 Å². The Labute approximate surface area is 124 Å². The lowest BCUT2D eigenvalue weighted by atomic mass is 10.0. The van der Waals surface area contributed by atoms with Crippen LogP contribution in [0.25, 0.3) is 0 Å². The Morgan fingerprint density at radius 2 is 2.24 bits per heavy atom. The first-order valence-electron chi connectivity index (χ1n) is 7.09. The predicted molar refractivity (Wildman–Crippen MR) is 82.5 cm³/mol. The minimum atomic E-state index is -0.119. The second kappa shape index (κ2) is 6.13. The van der Waals surface area contributed by atoms with Crippen molar-refractivity contribution in [1.82, 2.24) is 10.2 Å². The number of hydrogen-bond donors (Lipinski definition) is 2. The molecular formula is C15H22N4O2. The lowest BCUT2D eigenvalue weighted by Gasteiger charge is -2.26. The SMILES string of the molecule is Cc1c(C(=O)N(C)C(C)CN)cccc1N1CCNC1=O. The summed E-state index contributed by atoms with van der Waals surface area (Å²) < 4.78 is 0. The Hall–Kier alpha value is -2.08. The van der Waals surface area contributed by atoms with Crippen molar-refractivity contribution in [2.75, 3.05) is 31.6 Å². The third-order valence-electron chi connectivity index (χ3n) is 4.01. The molecule has 1 atom stereocenters. The number of hydrogen-bond acceptors (Lipinski definition) is 3. The predicted octanol–water partition coefficient (Wildman–Crippen LogP) is 0.944. The Kier molecular flexibility index (Phi) is 4.47. The minimum Gasteiger partial charge on any atom is -0.338 e. The standard InChI is InChI=1S/C15H22N4O2/c1-10(9-16)18(3)14(20)12-5-4-6-13(11(12)2)19-8-7-17-15(19)21/h4-6,10H,7-9,16H2,1-3H3,(H,17,21). The van der Waals surface area contributed by atoms with Crippen LogP contribution in [0.1, 0.15) is 22.8 Å². The smallest absolute Gasteiger partial charge is 0.322 e. The van der Waals surface area contributed by atoms with Crippen LogP contribution in [0.5, 0.6) is 0 Å². The molecule has 6 heteroatoms. The molecular weight excluding hydrogens is 268 g/mol. The number of rotatable bonds is 4. The third-order valence-corrected chi connectivity index (χ3v) is 4.01. The molecule has 1 saturated heterocycles. The average Bonchev–Trinajstić information content (AvgIpc) is 2.91. The Bertz CT molecular complexity index is 559. The van der Waals surface area contributed by atoms with Gasteiger partial charge in [-0.15, -0.1) is 0 Å². The molecule has 3 amide bonds. The molecule has 6 nitrogen and oxygen atoms in total. The van der Waals surface area contributed by atoms with E-state index >= 15 is 0 Å². The molecule has 1 aromatic carbocycles. The van der Waals surface area contributed by atoms with Crippen molar-refractivity contribution in [2.24, 2.45) is 5.73 Å². The molecule has 0 saturated carbocycles. The lowest BCUT2D eigenvalue weighted by molar-refractivity contribution is 0.0747. The van der Waals surface area contributed by atoms with E-state index in [9.17, 15) is 9.59 Å². The summed E-state index contributed by atoms with van der Waals surface area (Å²) in [5, 5.41) is 2.77. The highest BCUT2D eigenvalue weighted by molar-refractivity contribution is 6.00. The summed E-state index contributed by atoms with van der Waals surface area (Å²) >= 11 is 0. The van der Waals surface area contributed by atoms with Crippen LogP contribution in [0, 0.1) is 6.92 Å². The molecule has 1 aromatic rings. The monoisotopic (exact) mass is 290 g/mol. The van der Waals surface area contributed by atoms with Crippen LogP contribution in [0.3, 0.4) is 0 Å². The van der Waals surface area contributed by atoms with Crippen LogP contribution < -0.4 is 16.0 Å². The number of nitrogens with one attached hydrogen (secondary N) is 1. The fraction of sp³-hybridized carbons (Fsp3) is 0.467. The molecule has 0 aliphatic carbocycles. The Morgan fingerprint density at radius 3 is 2.81 bits per heavy atom. The van der Waals surface area contributed by atoms with Gasteiger partial charge in [0.05, 0.1) is 0 Å². The van der Waals surface area contributed by atoms with Crippen LogP contribution >= 0.6 is 0 Å². The topological polar surface area (TPSA) is 78.7 Å². The zero-order valence-corrected chi connectivity index (χ0v) is 12.7. The van der Waals surface area contributed by atoms with Crippen LogP contribution in [-0.2, 0) is 0 Å². The van der Waals surface area contributed by atoms with Gasteiger partial charge >= 0.3 is 6.03 Å². The quantitative estimate of drug-likeness (QED) is 0.866. The van der Waals surface area contributed by atoms with Gasteiger partial charge in [-0.05, 0) is 31.5 Å². The van der Waals surface area contributed by atoms with Crippen LogP contribution in [0.15, 0.2) is 18.2 Å². The highest BCUT2D eigenvalue weighted by Gasteiger charge is 2.25. The molecule has 1 unspecified atom stereocenters. The summed E-state index contributed by atoms with van der Waals surface area (Å²) in [7, 11) is 1.74. The molecule has 1 fully saturated rings. The minimum absolute atomic E-state index is 0.0318. The first kappa shape index (κ1) is 15.3. The van der Waals surface area contributed by atoms with E-state index in [1.54, 1.807) is 22.9 Å². The molecule has 114 valence electrons. The normalized spacial score (nSPS) is 15.8. The molecule has 1 aliphatic rings. The number of anilines is 1. The van der Waals surface area contributed by atoms with Gasteiger partial charge in [-0.2, -0.15) is 0 Å². The fourth-order valence-electron chi connectivity index (χ4n) is 2.40. The third kappa shape index (κ3) is 2.85. The van der Waals surface area contributed by atoms with Crippen molar-refractivity contribution >= 4 is 17.6 Å². The van der Waals surface area contributed by atoms with Crippen molar-refractivity contribution in [1.29, 1.82) is 0 Å². The van der Waals surface area contributed by atoms with Gasteiger partial charge < -0.3 is 16.0 Å². The zero-order valence-electron chi connectivity index (χ0n) is 12.7. The van der Waals surface area contributed by atoms with Crippen molar-refractivity contribution < 1.29 is 9.59 Å². The summed E-state index contributed by atoms with van der Waals surface area (Å²) in [4.78, 5) is 27.7. The maximum absolute atomic E-state index is 12.6. The highest BCUT2D eigenvalue weighted by Crippen LogP contribution is 2.25. The van der Waals surface area contributed by atoms with Crippen LogP contribution in [0.2, 0.25) is 0 Å². The van der Waals surface area contributed by atoms with Gasteiger partial charge in [-0.1, -0.05) is 6.07 Å². The van der Waals surface area contributed by atoms with Crippen LogP contribution in [-0.4, -0.2) is 49.6 Å². The van der Waals surface area contributed by atoms with E-state index in [1.165, 1.54) is 0 Å². The first-order chi connectivity index (χ1) is 9.97. The average molecular weight is 290 g/mol. The van der Waals surface area contributed by atoms with E-state index in [-0.39, 0.29) is 18.0 Å². The van der Waals surface area contributed by atoms with Crippen LogP contribution in [0.4, 0.5) is 10.5 Å². The fourth-order valence-corrected chi connectivity index (χ4v) is 2.40. The number of amides is 3. The summed E-state index contributed by atoms with van der Waals surface area (Å²) in [5.74, 6) is -0.0769. The summed E-state index contributed by atoms with van der Waals surface area (Å²) in [5.41, 5.74) is 7.82. The number of nitrogens with zero attached hydrogens (tertiary/aromatic N) is 2. The number of urea groups is 1. The molecule has 21 heavy (non-hydrogen) atoms. The largest absolute Gasteiger partial charge is 0.338 e. The van der Waals surface area contributed by atoms with Crippen molar-refractivity contribution in [3.63, 3.8) is 0 Å². The van der Waals surface area contributed by atoms with E-state index in [2.05, 4.69) is 5.32 Å². The summed E-state index contributed by atoms with van der Waals surface area (Å²) in [6.07, 6.45) is 0. The van der Waals surface area contributed by atoms with E-state index in [4.69, 9.17) is 5.73 Å². The second-order valence-electron chi connectivity index (χ2n) is 5.33. The van der Waals surface area contributed by atoms with Gasteiger partial charge in [-0.25, -0.2) is 4.79 Å². The maximum Gasteiger partial charge on any atom is 0.322 e. The lowest BCUT2D eigenvalue weighted by Crippen LogP contribution is -2.40. The molecule has 2 rings (SSSR count). The van der Waals surface area contributed by atoms with Gasteiger partial charge in [0.1, 0.15) is 0 Å². The number of carbonyl (C=O) groups excluding carboxylic acids is 2. The number of likely N-dealkylation sites (N-methyl/N-ethyl adjacent to an activating group) is 1. The van der Waals surface area contributed by atoms with Gasteiger partial charge in [-0.3, -0.25) is 9.69 Å². The van der Waals surface area contributed by atoms with Crippen molar-refractivity contribution in [2.45, 2.75) is 19.9 Å². The van der Waals surface area contributed by atoms with Gasteiger partial charge in [0.2, 0.25) is 0 Å². The highest BCUT2D eigenvalue weighted by atomic mass is 16.2. The van der Waals surface area contributed by atoms with E-state index in [1.807, 2.05) is 26.0 Å². The maximum atomic E-state index is 12.6. The number of nitrogens with two attached hydrogens (primary N) is 1. The molecule has 1 heterocycles. The molecule has 3 N–H and O–H groups in total. The number of benzene rings is 1. The Morgan fingerprint density at radius 1 is 1.52 bits per heavy atom. The van der Waals surface area contributed by atoms with E-state index in [0.717, 1.165) is 11.3 Å². The second-order valence-corrected chi connectivity index (χ2v) is 5.33. The zero-order chi connectivity index (χ0) is 15.6.